The molecule has 3 heterocycles. The number of amides is 1. The lowest BCUT2D eigenvalue weighted by atomic mass is 9.89. The van der Waals surface area contributed by atoms with Crippen molar-refractivity contribution in [3.8, 4) is 0 Å². The summed E-state index contributed by atoms with van der Waals surface area (Å²) in [5.41, 5.74) is 2.19. The number of hydrogen-bond acceptors (Lipinski definition) is 5. The Kier molecular flexibility index (Phi) is 6.97. The fourth-order valence-corrected chi connectivity index (χ4v) is 6.74. The molecule has 1 aliphatic heterocycles. The molecule has 2 fully saturated rings. The molecule has 2 aromatic carbocycles. The second-order valence-electron chi connectivity index (χ2n) is 10.7. The largest absolute Gasteiger partial charge is 0.360 e. The van der Waals surface area contributed by atoms with Gasteiger partial charge in [-0.2, -0.15) is 0 Å². The zero-order valence-corrected chi connectivity index (χ0v) is 22.4. The second kappa shape index (κ2) is 10.5. The van der Waals surface area contributed by atoms with Crippen LogP contribution in [0, 0.1) is 6.92 Å². The zero-order chi connectivity index (χ0) is 26.2. The first kappa shape index (κ1) is 25.1. The van der Waals surface area contributed by atoms with Gasteiger partial charge in [-0.1, -0.05) is 59.6 Å². The number of fused-ring (bicyclic) bond motifs is 3. The summed E-state index contributed by atoms with van der Waals surface area (Å²) in [6, 6.07) is 15.3. The van der Waals surface area contributed by atoms with E-state index in [1.807, 2.05) is 41.0 Å². The maximum Gasteiger partial charge on any atom is 0.264 e. The van der Waals surface area contributed by atoms with Crippen molar-refractivity contribution in [2.75, 3.05) is 13.1 Å². The van der Waals surface area contributed by atoms with Crippen molar-refractivity contribution in [1.29, 1.82) is 0 Å². The maximum absolute atomic E-state index is 13.8. The first-order valence-electron chi connectivity index (χ1n) is 13.7. The Morgan fingerprint density at radius 1 is 1.03 bits per heavy atom. The number of hydrogen-bond donors (Lipinski definition) is 1. The summed E-state index contributed by atoms with van der Waals surface area (Å²) in [4.78, 5) is 29.9. The molecule has 1 aliphatic carbocycles. The number of carbonyl (C=O) groups excluding carboxylic acids is 1. The van der Waals surface area contributed by atoms with E-state index >= 15 is 0 Å². The third-order valence-electron chi connectivity index (χ3n) is 8.26. The van der Waals surface area contributed by atoms with Crippen molar-refractivity contribution < 1.29 is 9.32 Å². The van der Waals surface area contributed by atoms with E-state index in [0.29, 0.717) is 28.1 Å². The van der Waals surface area contributed by atoms with Gasteiger partial charge in [0.15, 0.2) is 0 Å². The molecule has 38 heavy (non-hydrogen) atoms. The van der Waals surface area contributed by atoms with E-state index in [9.17, 15) is 9.59 Å². The van der Waals surface area contributed by atoms with Crippen molar-refractivity contribution in [2.45, 2.75) is 70.0 Å². The van der Waals surface area contributed by atoms with Crippen molar-refractivity contribution >= 4 is 39.3 Å². The van der Waals surface area contributed by atoms with Crippen LogP contribution in [0.3, 0.4) is 0 Å². The number of halogens is 1. The summed E-state index contributed by atoms with van der Waals surface area (Å²) in [5.74, 6) is 0.544. The van der Waals surface area contributed by atoms with Gasteiger partial charge in [0.25, 0.3) is 5.56 Å². The number of carbonyl (C=O) groups is 1. The van der Waals surface area contributed by atoms with Gasteiger partial charge >= 0.3 is 0 Å². The predicted octanol–water partition coefficient (Wildman–Crippen LogP) is 5.93. The number of pyridine rings is 1. The zero-order valence-electron chi connectivity index (χ0n) is 21.7. The molecule has 1 N–H and O–H groups in total. The summed E-state index contributed by atoms with van der Waals surface area (Å²) in [5, 5.41) is 9.31. The van der Waals surface area contributed by atoms with Gasteiger partial charge in [0.05, 0.1) is 10.5 Å². The van der Waals surface area contributed by atoms with E-state index in [1.54, 1.807) is 6.92 Å². The van der Waals surface area contributed by atoms with Gasteiger partial charge in [-0.25, -0.2) is 0 Å². The van der Waals surface area contributed by atoms with E-state index in [1.165, 1.54) is 6.42 Å². The number of benzene rings is 2. The minimum Gasteiger partial charge on any atom is -0.360 e. The van der Waals surface area contributed by atoms with Crippen molar-refractivity contribution in [1.82, 2.24) is 19.9 Å². The van der Waals surface area contributed by atoms with E-state index < -0.39 is 0 Å². The van der Waals surface area contributed by atoms with Gasteiger partial charge in [0.1, 0.15) is 22.7 Å². The molecule has 2 aliphatic rings. The summed E-state index contributed by atoms with van der Waals surface area (Å²) in [6.45, 7) is 3.62. The van der Waals surface area contributed by atoms with Crippen LogP contribution in [0.5, 0.6) is 0 Å². The highest BCUT2D eigenvalue weighted by Crippen LogP contribution is 2.36. The van der Waals surface area contributed by atoms with Gasteiger partial charge < -0.3 is 14.4 Å². The molecule has 2 aromatic heterocycles. The molecule has 0 spiro atoms. The Bertz CT molecular complexity index is 1520. The van der Waals surface area contributed by atoms with Gasteiger partial charge in [0, 0.05) is 17.5 Å². The Morgan fingerprint density at radius 3 is 2.61 bits per heavy atom. The molecule has 0 radical (unpaired) electrons. The van der Waals surface area contributed by atoms with Gasteiger partial charge in [-0.05, 0) is 76.2 Å². The molecule has 1 saturated carbocycles. The minimum absolute atomic E-state index is 0.0161. The number of nitrogens with zero attached hydrogens (tertiary/aromatic N) is 3. The smallest absolute Gasteiger partial charge is 0.264 e. The average Bonchev–Trinajstić information content (AvgIpc) is 3.32. The van der Waals surface area contributed by atoms with Crippen LogP contribution in [0.2, 0.25) is 5.02 Å². The van der Waals surface area contributed by atoms with Gasteiger partial charge in [-0.3, -0.25) is 14.5 Å². The number of rotatable bonds is 5. The number of piperidine rings is 1. The molecule has 7 nitrogen and oxygen atoms in total. The average molecular weight is 533 g/mol. The highest BCUT2D eigenvalue weighted by molar-refractivity contribution is 6.37. The van der Waals surface area contributed by atoms with Crippen LogP contribution in [0.15, 0.2) is 57.8 Å². The molecule has 4 aromatic rings. The maximum atomic E-state index is 13.8. The fraction of sp³-hybridized carbons (Fsp3) is 0.433. The first-order valence-corrected chi connectivity index (χ1v) is 14.1. The molecular formula is C30H33ClN4O3. The van der Waals surface area contributed by atoms with Crippen LogP contribution in [0.4, 0.5) is 0 Å². The monoisotopic (exact) mass is 532 g/mol. The molecule has 0 bridgehead atoms. The molecular weight excluding hydrogens is 500 g/mol. The third-order valence-corrected chi connectivity index (χ3v) is 8.58. The number of nitrogens with one attached hydrogen (secondary N) is 1. The van der Waals surface area contributed by atoms with E-state index in [4.69, 9.17) is 16.1 Å². The van der Waals surface area contributed by atoms with Crippen LogP contribution in [0.1, 0.15) is 68.4 Å². The molecule has 6 rings (SSSR count). The van der Waals surface area contributed by atoms with Crippen molar-refractivity contribution in [3.05, 3.63) is 75.2 Å². The molecule has 3 unspecified atom stereocenters. The number of aromatic nitrogens is 2. The third kappa shape index (κ3) is 4.52. The molecule has 3 atom stereocenters. The van der Waals surface area contributed by atoms with E-state index in [-0.39, 0.29) is 29.6 Å². The Labute approximate surface area is 226 Å². The Balaban J connectivity index is 1.31. The minimum atomic E-state index is -0.296. The van der Waals surface area contributed by atoms with Crippen LogP contribution in [0.25, 0.3) is 21.8 Å². The summed E-state index contributed by atoms with van der Waals surface area (Å²) < 4.78 is 7.28. The number of aryl methyl sites for hydroxylation is 1. The predicted molar refractivity (Wildman–Crippen MR) is 150 cm³/mol. The number of likely N-dealkylation sites (tertiary alicyclic amines) is 1. The van der Waals surface area contributed by atoms with Gasteiger partial charge in [-0.15, -0.1) is 0 Å². The summed E-state index contributed by atoms with van der Waals surface area (Å²) in [6.07, 6.45) is 6.81. The highest BCUT2D eigenvalue weighted by Gasteiger charge is 2.33. The normalized spacial score (nSPS) is 21.5. The van der Waals surface area contributed by atoms with E-state index in [0.717, 1.165) is 61.7 Å². The van der Waals surface area contributed by atoms with Crippen LogP contribution < -0.4 is 10.9 Å². The topological polar surface area (TPSA) is 80.4 Å². The van der Waals surface area contributed by atoms with E-state index in [2.05, 4.69) is 27.5 Å². The van der Waals surface area contributed by atoms with Gasteiger partial charge in [0.2, 0.25) is 5.91 Å². The molecule has 8 heteroatoms. The fourth-order valence-electron chi connectivity index (χ4n) is 6.48. The van der Waals surface area contributed by atoms with Crippen molar-refractivity contribution in [3.63, 3.8) is 0 Å². The van der Waals surface area contributed by atoms with Crippen LogP contribution in [-0.4, -0.2) is 39.7 Å². The summed E-state index contributed by atoms with van der Waals surface area (Å²) >= 11 is 6.61. The second-order valence-corrected chi connectivity index (χ2v) is 11.1. The highest BCUT2D eigenvalue weighted by atomic mass is 35.5. The standard InChI is InChI=1S/C30H33ClN4O3/c1-19-25-27(33-38-19)26-23(31)14-9-15-24(26)35(30(25)37)22-13-8-12-21(18-22)32-29(36)28(20-10-4-2-5-11-20)34-16-6-3-7-17-34/h2,4-5,9-11,14-15,21-22,28H,3,6-8,12-13,16-18H2,1H3,(H,32,36). The van der Waals surface area contributed by atoms with Crippen LogP contribution >= 0.6 is 11.6 Å². The quantitative estimate of drug-likeness (QED) is 0.344. The molecule has 1 amide bonds. The lowest BCUT2D eigenvalue weighted by molar-refractivity contribution is -0.128. The lowest BCUT2D eigenvalue weighted by Crippen LogP contribution is -2.47. The lowest BCUT2D eigenvalue weighted by Gasteiger charge is -2.36. The first-order chi connectivity index (χ1) is 18.5. The molecule has 1 saturated heterocycles. The van der Waals surface area contributed by atoms with Crippen LogP contribution in [-0.2, 0) is 4.79 Å². The Hall–Kier alpha value is -3.16. The molecule has 198 valence electrons. The SMILES string of the molecule is Cc1onc2c1c(=O)n(C1CCCC(NC(=O)C(c3ccccc3)N3CCCCC3)C1)c1cccc(Cl)c21. The van der Waals surface area contributed by atoms with Crippen molar-refractivity contribution in [2.24, 2.45) is 0 Å². The summed E-state index contributed by atoms with van der Waals surface area (Å²) in [7, 11) is 0. The Morgan fingerprint density at radius 2 is 1.82 bits per heavy atom.